The van der Waals surface area contributed by atoms with Gasteiger partial charge in [0.05, 0.1) is 4.90 Å². The lowest BCUT2D eigenvalue weighted by atomic mass is 10.0. The number of Topliss-reactive ketones (excluding diaryl/α,β-unsaturated/α-hetero) is 1. The summed E-state index contributed by atoms with van der Waals surface area (Å²) in [6.07, 6.45) is 0.615. The van der Waals surface area contributed by atoms with E-state index in [9.17, 15) is 13.2 Å². The molecule has 5 nitrogen and oxygen atoms in total. The first-order valence-electron chi connectivity index (χ1n) is 8.74. The molecule has 0 aliphatic heterocycles. The number of hydrogen-bond donors (Lipinski definition) is 1. The monoisotopic (exact) mass is 410 g/mol. The second kappa shape index (κ2) is 10.6. The highest BCUT2D eigenvalue weighted by molar-refractivity contribution is 7.89. The van der Waals surface area contributed by atoms with Crippen molar-refractivity contribution in [3.05, 3.63) is 65.7 Å². The first kappa shape index (κ1) is 23.3. The Balaban J connectivity index is 0.00000364. The number of carbonyl (C=O) groups is 1. The Kier molecular flexibility index (Phi) is 9.12. The molecule has 0 amide bonds. The second-order valence-electron chi connectivity index (χ2n) is 6.47. The van der Waals surface area contributed by atoms with E-state index in [2.05, 4.69) is 0 Å². The number of carbonyl (C=O) groups excluding carboxylic acids is 1. The maximum Gasteiger partial charge on any atom is 0.243 e. The van der Waals surface area contributed by atoms with Gasteiger partial charge in [-0.05, 0) is 24.1 Å². The van der Waals surface area contributed by atoms with E-state index in [1.54, 1.807) is 12.1 Å². The van der Waals surface area contributed by atoms with Crippen molar-refractivity contribution in [1.29, 1.82) is 0 Å². The number of sulfonamides is 1. The number of rotatable bonds is 9. The fourth-order valence-corrected chi connectivity index (χ4v) is 4.12. The van der Waals surface area contributed by atoms with Gasteiger partial charge in [0.15, 0.2) is 5.78 Å². The van der Waals surface area contributed by atoms with E-state index in [1.807, 2.05) is 44.2 Å². The van der Waals surface area contributed by atoms with Crippen molar-refractivity contribution in [3.63, 3.8) is 0 Å². The zero-order chi connectivity index (χ0) is 19.2. The molecule has 0 atom stereocenters. The van der Waals surface area contributed by atoms with Crippen molar-refractivity contribution in [2.45, 2.75) is 25.2 Å². The SMILES string of the molecule is CC(C)C(=O)c1ccc(S(=O)(=O)N(CCN)CCc2ccccc2)cc1.Cl. The summed E-state index contributed by atoms with van der Waals surface area (Å²) in [5.74, 6) is -0.131. The largest absolute Gasteiger partial charge is 0.329 e. The Hall–Kier alpha value is -1.73. The van der Waals surface area contributed by atoms with Gasteiger partial charge in [-0.1, -0.05) is 56.3 Å². The second-order valence-corrected chi connectivity index (χ2v) is 8.41. The van der Waals surface area contributed by atoms with Gasteiger partial charge in [0.1, 0.15) is 0 Å². The third-order valence-corrected chi connectivity index (χ3v) is 6.09. The molecule has 2 aromatic rings. The first-order chi connectivity index (χ1) is 12.4. The van der Waals surface area contributed by atoms with Crippen LogP contribution in [0.15, 0.2) is 59.5 Å². The summed E-state index contributed by atoms with van der Waals surface area (Å²) >= 11 is 0. The fourth-order valence-electron chi connectivity index (χ4n) is 2.67. The maximum absolute atomic E-state index is 12.9. The van der Waals surface area contributed by atoms with Crippen LogP contribution in [-0.2, 0) is 16.4 Å². The van der Waals surface area contributed by atoms with Gasteiger partial charge in [-0.3, -0.25) is 4.79 Å². The van der Waals surface area contributed by atoms with Gasteiger partial charge in [0, 0.05) is 31.1 Å². The molecule has 0 heterocycles. The zero-order valence-corrected chi connectivity index (χ0v) is 17.3. The summed E-state index contributed by atoms with van der Waals surface area (Å²) in [4.78, 5) is 12.2. The summed E-state index contributed by atoms with van der Waals surface area (Å²) < 4.78 is 27.3. The lowest BCUT2D eigenvalue weighted by Gasteiger charge is -2.22. The molecule has 0 bridgehead atoms. The van der Waals surface area contributed by atoms with Crippen LogP contribution in [0.3, 0.4) is 0 Å². The first-order valence-corrected chi connectivity index (χ1v) is 10.2. The van der Waals surface area contributed by atoms with E-state index >= 15 is 0 Å². The van der Waals surface area contributed by atoms with E-state index in [1.165, 1.54) is 16.4 Å². The van der Waals surface area contributed by atoms with E-state index < -0.39 is 10.0 Å². The van der Waals surface area contributed by atoms with Crippen molar-refractivity contribution in [2.75, 3.05) is 19.6 Å². The van der Waals surface area contributed by atoms with Crippen molar-refractivity contribution < 1.29 is 13.2 Å². The van der Waals surface area contributed by atoms with E-state index in [4.69, 9.17) is 5.73 Å². The van der Waals surface area contributed by atoms with Gasteiger partial charge in [-0.25, -0.2) is 8.42 Å². The number of benzene rings is 2. The predicted molar refractivity (Wildman–Crippen MR) is 111 cm³/mol. The van der Waals surface area contributed by atoms with Crippen molar-refractivity contribution in [2.24, 2.45) is 11.7 Å². The molecule has 2 aromatic carbocycles. The highest BCUT2D eigenvalue weighted by Crippen LogP contribution is 2.18. The van der Waals surface area contributed by atoms with Gasteiger partial charge in [0.2, 0.25) is 10.0 Å². The molecule has 0 saturated heterocycles. The van der Waals surface area contributed by atoms with E-state index in [0.717, 1.165) is 5.56 Å². The Bertz CT molecular complexity index is 822. The molecule has 2 N–H and O–H groups in total. The number of ketones is 1. The Morgan fingerprint density at radius 3 is 2.11 bits per heavy atom. The minimum Gasteiger partial charge on any atom is -0.329 e. The van der Waals surface area contributed by atoms with Crippen LogP contribution in [-0.4, -0.2) is 38.1 Å². The summed E-state index contributed by atoms with van der Waals surface area (Å²) in [5.41, 5.74) is 7.21. The van der Waals surface area contributed by atoms with Crippen LogP contribution in [0.4, 0.5) is 0 Å². The lowest BCUT2D eigenvalue weighted by molar-refractivity contribution is 0.0939. The molecular formula is C20H27ClN2O3S. The molecule has 0 spiro atoms. The standard InChI is InChI=1S/C20H26N2O3S.ClH/c1-16(2)20(23)18-8-10-19(11-9-18)26(24,25)22(15-13-21)14-12-17-6-4-3-5-7-17;/h3-11,16H,12-15,21H2,1-2H3;1H. The van der Waals surface area contributed by atoms with Crippen LogP contribution in [0.25, 0.3) is 0 Å². The molecule has 0 aromatic heterocycles. The molecule has 0 unspecified atom stereocenters. The quantitative estimate of drug-likeness (QED) is 0.644. The topological polar surface area (TPSA) is 80.5 Å². The number of nitrogens with two attached hydrogens (primary N) is 1. The highest BCUT2D eigenvalue weighted by Gasteiger charge is 2.24. The van der Waals surface area contributed by atoms with Crippen LogP contribution in [0.2, 0.25) is 0 Å². The zero-order valence-electron chi connectivity index (χ0n) is 15.7. The van der Waals surface area contributed by atoms with Crippen LogP contribution in [0, 0.1) is 5.92 Å². The lowest BCUT2D eigenvalue weighted by Crippen LogP contribution is -2.37. The minimum absolute atomic E-state index is 0. The molecule has 0 aliphatic rings. The molecule has 2 rings (SSSR count). The Morgan fingerprint density at radius 2 is 1.59 bits per heavy atom. The van der Waals surface area contributed by atoms with Gasteiger partial charge >= 0.3 is 0 Å². The number of halogens is 1. The molecule has 0 saturated carbocycles. The summed E-state index contributed by atoms with van der Waals surface area (Å²) in [6.45, 7) is 4.50. The number of nitrogens with zero attached hydrogens (tertiary/aromatic N) is 1. The van der Waals surface area contributed by atoms with Crippen molar-refractivity contribution in [1.82, 2.24) is 4.31 Å². The fraction of sp³-hybridized carbons (Fsp3) is 0.350. The normalized spacial score (nSPS) is 11.4. The molecule has 27 heavy (non-hydrogen) atoms. The van der Waals surface area contributed by atoms with Gasteiger partial charge < -0.3 is 5.73 Å². The van der Waals surface area contributed by atoms with Crippen molar-refractivity contribution in [3.8, 4) is 0 Å². The van der Waals surface area contributed by atoms with Crippen molar-refractivity contribution >= 4 is 28.2 Å². The predicted octanol–water partition coefficient (Wildman–Crippen LogP) is 3.14. The van der Waals surface area contributed by atoms with Gasteiger partial charge in [0.25, 0.3) is 0 Å². The van der Waals surface area contributed by atoms with Crippen LogP contribution >= 0.6 is 12.4 Å². The summed E-state index contributed by atoms with van der Waals surface area (Å²) in [5, 5.41) is 0. The van der Waals surface area contributed by atoms with Gasteiger partial charge in [-0.15, -0.1) is 12.4 Å². The molecule has 0 fully saturated rings. The third kappa shape index (κ3) is 6.14. The van der Waals surface area contributed by atoms with Crippen LogP contribution in [0.5, 0.6) is 0 Å². The smallest absolute Gasteiger partial charge is 0.243 e. The van der Waals surface area contributed by atoms with E-state index in [-0.39, 0.29) is 42.1 Å². The maximum atomic E-state index is 12.9. The number of hydrogen-bond acceptors (Lipinski definition) is 4. The summed E-state index contributed by atoms with van der Waals surface area (Å²) in [6, 6.07) is 15.9. The Labute approximate surface area is 168 Å². The molecule has 0 aliphatic carbocycles. The van der Waals surface area contributed by atoms with E-state index in [0.29, 0.717) is 18.5 Å². The highest BCUT2D eigenvalue weighted by atomic mass is 35.5. The van der Waals surface area contributed by atoms with Crippen LogP contribution in [0.1, 0.15) is 29.8 Å². The molecule has 0 radical (unpaired) electrons. The Morgan fingerprint density at radius 1 is 1.00 bits per heavy atom. The summed E-state index contributed by atoms with van der Waals surface area (Å²) in [7, 11) is -3.65. The molecular weight excluding hydrogens is 384 g/mol. The molecule has 7 heteroatoms. The average molecular weight is 411 g/mol. The van der Waals surface area contributed by atoms with Crippen LogP contribution < -0.4 is 5.73 Å². The third-order valence-electron chi connectivity index (χ3n) is 4.17. The van der Waals surface area contributed by atoms with Gasteiger partial charge in [-0.2, -0.15) is 4.31 Å². The molecule has 148 valence electrons. The minimum atomic E-state index is -3.65. The average Bonchev–Trinajstić information content (AvgIpc) is 2.65.